The molecule has 1 atom stereocenters. The number of thiophene rings is 1. The Kier molecular flexibility index (Phi) is 7.58. The Hall–Kier alpha value is -2.84. The highest BCUT2D eigenvalue weighted by Gasteiger charge is 2.47. The van der Waals surface area contributed by atoms with Crippen LogP contribution in [0.5, 0.6) is 11.5 Å². The quantitative estimate of drug-likeness (QED) is 0.349. The smallest absolute Gasteiger partial charge is 0.295 e. The van der Waals surface area contributed by atoms with E-state index in [9.17, 15) is 14.7 Å². The second-order valence-corrected chi connectivity index (χ2v) is 8.47. The van der Waals surface area contributed by atoms with Crippen molar-refractivity contribution in [2.45, 2.75) is 26.8 Å². The second kappa shape index (κ2) is 10.2. The number of ketones is 1. The Balaban J connectivity index is 2.19. The third-order valence-corrected chi connectivity index (χ3v) is 6.98. The number of carbonyl (C=O) groups is 2. The molecule has 3 rings (SSSR count). The van der Waals surface area contributed by atoms with Crippen LogP contribution in [0.1, 0.15) is 35.9 Å². The summed E-state index contributed by atoms with van der Waals surface area (Å²) in [5.74, 6) is -0.880. The van der Waals surface area contributed by atoms with Gasteiger partial charge in [-0.05, 0) is 49.2 Å². The SMILES string of the molecule is CCN(CC)CCN1C(=O)C(=O)/C(=C(/O)c2c(OC)cccc2OC)C1c1sccc1C. The first kappa shape index (κ1) is 23.8. The van der Waals surface area contributed by atoms with E-state index >= 15 is 0 Å². The third-order valence-electron chi connectivity index (χ3n) is 5.91. The first-order valence-corrected chi connectivity index (χ1v) is 11.5. The van der Waals surface area contributed by atoms with Crippen LogP contribution in [0.2, 0.25) is 0 Å². The monoisotopic (exact) mass is 458 g/mol. The number of rotatable bonds is 9. The summed E-state index contributed by atoms with van der Waals surface area (Å²) in [6, 6.07) is 6.38. The zero-order chi connectivity index (χ0) is 23.4. The molecular weight excluding hydrogens is 428 g/mol. The number of Topliss-reactive ketones (excluding diaryl/α,β-unsaturated/α-hetero) is 1. The van der Waals surface area contributed by atoms with Crippen LogP contribution in [0.4, 0.5) is 0 Å². The molecule has 0 aliphatic carbocycles. The van der Waals surface area contributed by atoms with Gasteiger partial charge in [0.1, 0.15) is 22.8 Å². The minimum atomic E-state index is -0.701. The van der Waals surface area contributed by atoms with Crippen LogP contribution in [0, 0.1) is 6.92 Å². The lowest BCUT2D eigenvalue weighted by atomic mass is 9.97. The number of ether oxygens (including phenoxy) is 2. The fraction of sp³-hybridized carbons (Fsp3) is 0.417. The van der Waals surface area contributed by atoms with E-state index in [0.29, 0.717) is 24.6 Å². The zero-order valence-corrected chi connectivity index (χ0v) is 20.0. The zero-order valence-electron chi connectivity index (χ0n) is 19.2. The molecule has 1 amide bonds. The number of carbonyl (C=O) groups excluding carboxylic acids is 2. The minimum absolute atomic E-state index is 0.0582. The molecule has 1 unspecified atom stereocenters. The second-order valence-electron chi connectivity index (χ2n) is 7.52. The Labute approximate surface area is 192 Å². The Bertz CT molecular complexity index is 1000. The standard InChI is InChI=1S/C24H30N2O5S/c1-6-25(7-2)12-13-26-20(23-15(3)11-14-32-23)19(22(28)24(26)29)21(27)18-16(30-4)9-8-10-17(18)31-5/h8-11,14,20,27H,6-7,12-13H2,1-5H3/b21-19+. The molecule has 0 saturated carbocycles. The highest BCUT2D eigenvalue weighted by atomic mass is 32.1. The summed E-state index contributed by atoms with van der Waals surface area (Å²) in [6.45, 7) is 8.79. The van der Waals surface area contributed by atoms with Gasteiger partial charge in [0.25, 0.3) is 11.7 Å². The number of aliphatic hydroxyl groups is 1. The van der Waals surface area contributed by atoms with Gasteiger partial charge in [-0.3, -0.25) is 9.59 Å². The summed E-state index contributed by atoms with van der Waals surface area (Å²) in [4.78, 5) is 31.0. The van der Waals surface area contributed by atoms with Crippen molar-refractivity contribution in [2.75, 3.05) is 40.4 Å². The van der Waals surface area contributed by atoms with Crippen molar-refractivity contribution in [3.05, 3.63) is 51.2 Å². The van der Waals surface area contributed by atoms with Crippen LogP contribution in [0.25, 0.3) is 5.76 Å². The van der Waals surface area contributed by atoms with E-state index in [1.54, 1.807) is 23.1 Å². The molecule has 1 aromatic carbocycles. The first-order valence-electron chi connectivity index (χ1n) is 10.7. The molecular formula is C24H30N2O5S. The van der Waals surface area contributed by atoms with Gasteiger partial charge in [0.15, 0.2) is 0 Å². The Morgan fingerprint density at radius 3 is 2.25 bits per heavy atom. The van der Waals surface area contributed by atoms with Crippen molar-refractivity contribution in [3.63, 3.8) is 0 Å². The molecule has 1 aromatic heterocycles. The summed E-state index contributed by atoms with van der Waals surface area (Å²) in [5.41, 5.74) is 1.29. The predicted octanol–water partition coefficient (Wildman–Crippen LogP) is 3.84. The number of aryl methyl sites for hydroxylation is 1. The van der Waals surface area contributed by atoms with Gasteiger partial charge in [-0.25, -0.2) is 0 Å². The van der Waals surface area contributed by atoms with Crippen molar-refractivity contribution in [1.29, 1.82) is 0 Å². The lowest BCUT2D eigenvalue weighted by Gasteiger charge is -2.28. The van der Waals surface area contributed by atoms with Crippen molar-refractivity contribution < 1.29 is 24.2 Å². The van der Waals surface area contributed by atoms with Gasteiger partial charge in [0.2, 0.25) is 0 Å². The Morgan fingerprint density at radius 1 is 1.12 bits per heavy atom. The highest BCUT2D eigenvalue weighted by molar-refractivity contribution is 7.10. The molecule has 0 radical (unpaired) electrons. The number of amides is 1. The van der Waals surface area contributed by atoms with Crippen LogP contribution in [-0.4, -0.2) is 67.0 Å². The number of nitrogens with zero attached hydrogens (tertiary/aromatic N) is 2. The molecule has 8 heteroatoms. The van der Waals surface area contributed by atoms with Gasteiger partial charge < -0.3 is 24.4 Å². The van der Waals surface area contributed by atoms with Crippen molar-refractivity contribution in [3.8, 4) is 11.5 Å². The van der Waals surface area contributed by atoms with Crippen LogP contribution in [-0.2, 0) is 9.59 Å². The third kappa shape index (κ3) is 4.25. The molecule has 32 heavy (non-hydrogen) atoms. The van der Waals surface area contributed by atoms with E-state index in [4.69, 9.17) is 9.47 Å². The molecule has 1 fully saturated rings. The largest absolute Gasteiger partial charge is 0.506 e. The van der Waals surface area contributed by atoms with E-state index in [2.05, 4.69) is 18.7 Å². The normalized spacial score (nSPS) is 17.9. The first-order chi connectivity index (χ1) is 15.4. The summed E-state index contributed by atoms with van der Waals surface area (Å²) >= 11 is 1.47. The summed E-state index contributed by atoms with van der Waals surface area (Å²) in [7, 11) is 2.96. The molecule has 0 spiro atoms. The average Bonchev–Trinajstić information content (AvgIpc) is 3.33. The van der Waals surface area contributed by atoms with Gasteiger partial charge in [-0.15, -0.1) is 11.3 Å². The molecule has 1 saturated heterocycles. The molecule has 2 heterocycles. The maximum atomic E-state index is 13.2. The van der Waals surface area contributed by atoms with Gasteiger partial charge in [-0.2, -0.15) is 0 Å². The number of methoxy groups -OCH3 is 2. The Morgan fingerprint density at radius 2 is 1.75 bits per heavy atom. The van der Waals surface area contributed by atoms with E-state index in [1.807, 2.05) is 18.4 Å². The lowest BCUT2D eigenvalue weighted by Crippen LogP contribution is -2.37. The number of hydrogen-bond donors (Lipinski definition) is 1. The molecule has 0 bridgehead atoms. The summed E-state index contributed by atoms with van der Waals surface area (Å²) < 4.78 is 10.9. The van der Waals surface area contributed by atoms with Crippen molar-refractivity contribution >= 4 is 28.8 Å². The fourth-order valence-corrected chi connectivity index (χ4v) is 5.10. The number of likely N-dealkylation sites (N-methyl/N-ethyl adjacent to an activating group) is 1. The number of benzene rings is 1. The number of likely N-dealkylation sites (tertiary alicyclic amines) is 1. The molecule has 1 aliphatic heterocycles. The highest BCUT2D eigenvalue weighted by Crippen LogP contribution is 2.45. The van der Waals surface area contributed by atoms with Crippen LogP contribution in [0.3, 0.4) is 0 Å². The van der Waals surface area contributed by atoms with E-state index in [0.717, 1.165) is 23.5 Å². The molecule has 1 N–H and O–H groups in total. The van der Waals surface area contributed by atoms with Crippen molar-refractivity contribution in [2.24, 2.45) is 0 Å². The average molecular weight is 459 g/mol. The van der Waals surface area contributed by atoms with E-state index < -0.39 is 17.7 Å². The summed E-state index contributed by atoms with van der Waals surface area (Å²) in [5, 5.41) is 13.3. The number of hydrogen-bond acceptors (Lipinski definition) is 7. The van der Waals surface area contributed by atoms with Crippen LogP contribution in [0.15, 0.2) is 35.2 Å². The molecule has 7 nitrogen and oxygen atoms in total. The summed E-state index contributed by atoms with van der Waals surface area (Å²) in [6.07, 6.45) is 0. The molecule has 172 valence electrons. The molecule has 2 aromatic rings. The topological polar surface area (TPSA) is 79.3 Å². The predicted molar refractivity (Wildman–Crippen MR) is 125 cm³/mol. The van der Waals surface area contributed by atoms with E-state index in [1.165, 1.54) is 25.6 Å². The van der Waals surface area contributed by atoms with E-state index in [-0.39, 0.29) is 16.9 Å². The maximum absolute atomic E-state index is 13.2. The van der Waals surface area contributed by atoms with Gasteiger partial charge in [-0.1, -0.05) is 19.9 Å². The lowest BCUT2D eigenvalue weighted by molar-refractivity contribution is -0.140. The van der Waals surface area contributed by atoms with Crippen LogP contribution >= 0.6 is 11.3 Å². The maximum Gasteiger partial charge on any atom is 0.295 e. The van der Waals surface area contributed by atoms with Gasteiger partial charge in [0.05, 0.1) is 25.8 Å². The van der Waals surface area contributed by atoms with Crippen molar-refractivity contribution in [1.82, 2.24) is 9.80 Å². The minimum Gasteiger partial charge on any atom is -0.506 e. The van der Waals surface area contributed by atoms with Gasteiger partial charge >= 0.3 is 0 Å². The number of aliphatic hydroxyl groups excluding tert-OH is 1. The van der Waals surface area contributed by atoms with Gasteiger partial charge in [0, 0.05) is 18.0 Å². The molecule has 1 aliphatic rings. The van der Waals surface area contributed by atoms with Crippen LogP contribution < -0.4 is 9.47 Å². The fourth-order valence-electron chi connectivity index (χ4n) is 4.06.